The normalized spacial score (nSPS) is 28.9. The van der Waals surface area contributed by atoms with Crippen LogP contribution in [0.2, 0.25) is 0 Å². The molecule has 2 rings (SSSR count). The summed E-state index contributed by atoms with van der Waals surface area (Å²) in [5.41, 5.74) is 2.10. The van der Waals surface area contributed by atoms with Crippen LogP contribution >= 0.6 is 0 Å². The molecule has 4 nitrogen and oxygen atoms in total. The third kappa shape index (κ3) is 2.08. The molecule has 1 aliphatic heterocycles. The van der Waals surface area contributed by atoms with E-state index in [1.807, 2.05) is 13.8 Å². The Labute approximate surface area is 101 Å². The maximum atomic E-state index is 12.3. The van der Waals surface area contributed by atoms with Crippen molar-refractivity contribution in [2.24, 2.45) is 5.92 Å². The molecule has 4 heteroatoms. The number of carbonyl (C=O) groups is 2. The Morgan fingerprint density at radius 3 is 2.53 bits per heavy atom. The van der Waals surface area contributed by atoms with Gasteiger partial charge in [-0.25, -0.2) is 0 Å². The van der Waals surface area contributed by atoms with E-state index in [9.17, 15) is 9.59 Å². The average molecular weight is 237 g/mol. The first kappa shape index (κ1) is 12.1. The number of allylic oxidation sites excluding steroid dienone is 1. The second-order valence-electron chi connectivity index (χ2n) is 5.08. The first-order chi connectivity index (χ1) is 8.02. The van der Waals surface area contributed by atoms with Crippen LogP contribution in [0, 0.1) is 5.92 Å². The van der Waals surface area contributed by atoms with Gasteiger partial charge in [0.05, 0.1) is 5.92 Å². The molecule has 1 aliphatic carbocycles. The van der Waals surface area contributed by atoms with Gasteiger partial charge in [-0.15, -0.1) is 0 Å². The fraction of sp³-hybridized carbons (Fsp3) is 0.692. The smallest absolute Gasteiger partial charge is 0.308 e. The molecule has 0 saturated carbocycles. The van der Waals surface area contributed by atoms with Gasteiger partial charge in [0.2, 0.25) is 5.91 Å². The molecule has 0 bridgehead atoms. The van der Waals surface area contributed by atoms with E-state index in [-0.39, 0.29) is 11.9 Å². The van der Waals surface area contributed by atoms with Crippen molar-refractivity contribution in [3.63, 3.8) is 0 Å². The van der Waals surface area contributed by atoms with Crippen LogP contribution in [-0.2, 0) is 9.59 Å². The van der Waals surface area contributed by atoms with Crippen molar-refractivity contribution in [3.8, 4) is 0 Å². The Balaban J connectivity index is 2.12. The number of amides is 1. The summed E-state index contributed by atoms with van der Waals surface area (Å²) in [6.45, 7) is 4.43. The quantitative estimate of drug-likeness (QED) is 0.796. The van der Waals surface area contributed by atoms with E-state index in [0.717, 1.165) is 24.8 Å². The summed E-state index contributed by atoms with van der Waals surface area (Å²) in [5.74, 6) is -1.12. The maximum Gasteiger partial charge on any atom is 0.308 e. The fourth-order valence-electron chi connectivity index (χ4n) is 2.91. The summed E-state index contributed by atoms with van der Waals surface area (Å²) in [5, 5.41) is 9.05. The van der Waals surface area contributed by atoms with Crippen molar-refractivity contribution < 1.29 is 14.7 Å². The van der Waals surface area contributed by atoms with Crippen LogP contribution in [0.15, 0.2) is 11.1 Å². The topological polar surface area (TPSA) is 57.6 Å². The molecule has 2 aliphatic rings. The number of carboxylic acids is 1. The molecule has 1 heterocycles. The van der Waals surface area contributed by atoms with Crippen LogP contribution in [0.3, 0.4) is 0 Å². The number of hydrogen-bond donors (Lipinski definition) is 1. The van der Waals surface area contributed by atoms with Gasteiger partial charge in [-0.3, -0.25) is 9.59 Å². The van der Waals surface area contributed by atoms with Gasteiger partial charge < -0.3 is 10.0 Å². The summed E-state index contributed by atoms with van der Waals surface area (Å²) >= 11 is 0. The monoisotopic (exact) mass is 237 g/mol. The number of carbonyl (C=O) groups excluding carboxylic acids is 1. The molecule has 2 atom stereocenters. The molecular weight excluding hydrogens is 218 g/mol. The Kier molecular flexibility index (Phi) is 3.22. The summed E-state index contributed by atoms with van der Waals surface area (Å²) in [6.07, 6.45) is 3.49. The van der Waals surface area contributed by atoms with Crippen molar-refractivity contribution in [2.45, 2.75) is 45.6 Å². The molecule has 0 aromatic carbocycles. The highest BCUT2D eigenvalue weighted by Gasteiger charge is 2.39. The molecule has 0 radical (unpaired) electrons. The van der Waals surface area contributed by atoms with Gasteiger partial charge in [-0.1, -0.05) is 5.57 Å². The molecule has 0 aromatic rings. The first-order valence-corrected chi connectivity index (χ1v) is 6.24. The van der Waals surface area contributed by atoms with E-state index in [1.165, 1.54) is 5.57 Å². The maximum absolute atomic E-state index is 12.3. The third-order valence-electron chi connectivity index (χ3n) is 4.08. The Bertz CT molecular complexity index is 386. The SMILES string of the molecule is CC1=C(C(=O)N2CCC(C(=O)O)C2C)CCC1. The van der Waals surface area contributed by atoms with Crippen molar-refractivity contribution in [1.82, 2.24) is 4.90 Å². The number of aliphatic carboxylic acids is 1. The molecule has 0 spiro atoms. The minimum atomic E-state index is -0.787. The molecule has 1 amide bonds. The van der Waals surface area contributed by atoms with E-state index in [2.05, 4.69) is 0 Å². The Morgan fingerprint density at radius 1 is 1.35 bits per heavy atom. The van der Waals surface area contributed by atoms with Crippen LogP contribution < -0.4 is 0 Å². The fourth-order valence-corrected chi connectivity index (χ4v) is 2.91. The lowest BCUT2D eigenvalue weighted by atomic mass is 10.0. The van der Waals surface area contributed by atoms with Crippen molar-refractivity contribution in [2.75, 3.05) is 6.54 Å². The predicted octanol–water partition coefficient (Wildman–Crippen LogP) is 1.81. The summed E-state index contributed by atoms with van der Waals surface area (Å²) in [6, 6.07) is -0.180. The van der Waals surface area contributed by atoms with Crippen LogP contribution in [-0.4, -0.2) is 34.5 Å². The third-order valence-corrected chi connectivity index (χ3v) is 4.08. The van der Waals surface area contributed by atoms with Crippen molar-refractivity contribution in [3.05, 3.63) is 11.1 Å². The average Bonchev–Trinajstić information content (AvgIpc) is 2.83. The van der Waals surface area contributed by atoms with E-state index in [1.54, 1.807) is 4.90 Å². The lowest BCUT2D eigenvalue weighted by Crippen LogP contribution is -2.38. The molecule has 1 fully saturated rings. The van der Waals surface area contributed by atoms with Gasteiger partial charge in [0, 0.05) is 18.2 Å². The summed E-state index contributed by atoms with van der Waals surface area (Å²) in [7, 11) is 0. The Hall–Kier alpha value is -1.32. The van der Waals surface area contributed by atoms with E-state index in [4.69, 9.17) is 5.11 Å². The van der Waals surface area contributed by atoms with E-state index in [0.29, 0.717) is 13.0 Å². The molecule has 1 N–H and O–H groups in total. The number of nitrogens with zero attached hydrogens (tertiary/aromatic N) is 1. The minimum Gasteiger partial charge on any atom is -0.481 e. The van der Waals surface area contributed by atoms with Gasteiger partial charge in [-0.05, 0) is 39.5 Å². The lowest BCUT2D eigenvalue weighted by molar-refractivity contribution is -0.142. The van der Waals surface area contributed by atoms with Crippen LogP contribution in [0.1, 0.15) is 39.5 Å². The van der Waals surface area contributed by atoms with E-state index < -0.39 is 11.9 Å². The van der Waals surface area contributed by atoms with Crippen molar-refractivity contribution in [1.29, 1.82) is 0 Å². The predicted molar refractivity (Wildman–Crippen MR) is 63.5 cm³/mol. The highest BCUT2D eigenvalue weighted by atomic mass is 16.4. The molecule has 2 unspecified atom stereocenters. The van der Waals surface area contributed by atoms with Crippen molar-refractivity contribution >= 4 is 11.9 Å². The molecule has 0 aromatic heterocycles. The van der Waals surface area contributed by atoms with E-state index >= 15 is 0 Å². The van der Waals surface area contributed by atoms with Gasteiger partial charge in [0.25, 0.3) is 0 Å². The van der Waals surface area contributed by atoms with Crippen LogP contribution in [0.5, 0.6) is 0 Å². The molecule has 94 valence electrons. The van der Waals surface area contributed by atoms with Gasteiger partial charge in [-0.2, -0.15) is 0 Å². The number of likely N-dealkylation sites (tertiary alicyclic amines) is 1. The van der Waals surface area contributed by atoms with Crippen LogP contribution in [0.25, 0.3) is 0 Å². The number of carboxylic acid groups (broad SMARTS) is 1. The largest absolute Gasteiger partial charge is 0.481 e. The number of rotatable bonds is 2. The minimum absolute atomic E-state index is 0.0660. The highest BCUT2D eigenvalue weighted by molar-refractivity contribution is 5.95. The first-order valence-electron chi connectivity index (χ1n) is 6.24. The zero-order chi connectivity index (χ0) is 12.6. The molecule has 1 saturated heterocycles. The van der Waals surface area contributed by atoms with Gasteiger partial charge >= 0.3 is 5.97 Å². The standard InChI is InChI=1S/C13H19NO3/c1-8-4-3-5-10(8)12(15)14-7-6-11(9(14)2)13(16)17/h9,11H,3-7H2,1-2H3,(H,16,17). The Morgan fingerprint density at radius 2 is 2.06 bits per heavy atom. The summed E-state index contributed by atoms with van der Waals surface area (Å²) < 4.78 is 0. The zero-order valence-electron chi connectivity index (χ0n) is 10.4. The van der Waals surface area contributed by atoms with Gasteiger partial charge in [0.15, 0.2) is 0 Å². The second-order valence-corrected chi connectivity index (χ2v) is 5.08. The van der Waals surface area contributed by atoms with Gasteiger partial charge in [0.1, 0.15) is 0 Å². The number of hydrogen-bond acceptors (Lipinski definition) is 2. The summed E-state index contributed by atoms with van der Waals surface area (Å²) in [4.78, 5) is 25.1. The molecule has 17 heavy (non-hydrogen) atoms. The van der Waals surface area contributed by atoms with Crippen LogP contribution in [0.4, 0.5) is 0 Å². The lowest BCUT2D eigenvalue weighted by Gasteiger charge is -2.24. The molecular formula is C13H19NO3. The zero-order valence-corrected chi connectivity index (χ0v) is 10.4. The highest BCUT2D eigenvalue weighted by Crippen LogP contribution is 2.31. The second kappa shape index (κ2) is 4.51.